The molecule has 17 heavy (non-hydrogen) atoms. The lowest BCUT2D eigenvalue weighted by Crippen LogP contribution is -2.45. The van der Waals surface area contributed by atoms with E-state index >= 15 is 0 Å². The molecule has 1 fully saturated rings. The van der Waals surface area contributed by atoms with Crippen LogP contribution >= 0.6 is 0 Å². The molecule has 1 heterocycles. The van der Waals surface area contributed by atoms with Crippen LogP contribution in [-0.2, 0) is 0 Å². The van der Waals surface area contributed by atoms with Crippen molar-refractivity contribution >= 4 is 5.91 Å². The van der Waals surface area contributed by atoms with Gasteiger partial charge in [-0.1, -0.05) is 18.0 Å². The van der Waals surface area contributed by atoms with Crippen molar-refractivity contribution in [1.29, 1.82) is 0 Å². The maximum absolute atomic E-state index is 12.0. The average Bonchev–Trinajstić information content (AvgIpc) is 2.62. The van der Waals surface area contributed by atoms with Crippen molar-refractivity contribution in [1.82, 2.24) is 10.5 Å². The maximum atomic E-state index is 12.0. The van der Waals surface area contributed by atoms with E-state index in [1.165, 1.54) is 0 Å². The van der Waals surface area contributed by atoms with Crippen LogP contribution in [0.15, 0.2) is 4.52 Å². The van der Waals surface area contributed by atoms with Gasteiger partial charge in [0, 0.05) is 0 Å². The van der Waals surface area contributed by atoms with E-state index in [1.807, 2.05) is 0 Å². The second-order valence-electron chi connectivity index (χ2n) is 4.63. The second-order valence-corrected chi connectivity index (χ2v) is 4.63. The van der Waals surface area contributed by atoms with Crippen molar-refractivity contribution in [3.8, 4) is 0 Å². The van der Waals surface area contributed by atoms with Gasteiger partial charge in [0.05, 0.1) is 17.8 Å². The molecule has 2 N–H and O–H groups in total. The van der Waals surface area contributed by atoms with E-state index in [0.29, 0.717) is 17.0 Å². The number of nitrogens with one attached hydrogen (secondary N) is 1. The number of aryl methyl sites for hydroxylation is 2. The van der Waals surface area contributed by atoms with Crippen molar-refractivity contribution in [3.05, 3.63) is 17.0 Å². The number of hydrogen-bond acceptors (Lipinski definition) is 4. The summed E-state index contributed by atoms with van der Waals surface area (Å²) in [5.41, 5.74) is 1.08. The van der Waals surface area contributed by atoms with Crippen molar-refractivity contribution in [2.24, 2.45) is 0 Å². The number of aliphatic hydroxyl groups excluding tert-OH is 1. The van der Waals surface area contributed by atoms with E-state index in [0.717, 1.165) is 25.7 Å². The number of nitrogens with zero attached hydrogens (tertiary/aromatic N) is 1. The van der Waals surface area contributed by atoms with Gasteiger partial charge < -0.3 is 14.9 Å². The molecule has 0 aliphatic heterocycles. The fraction of sp³-hybridized carbons (Fsp3) is 0.667. The number of amides is 1. The fourth-order valence-electron chi connectivity index (χ4n) is 2.33. The van der Waals surface area contributed by atoms with Gasteiger partial charge in [-0.25, -0.2) is 0 Å². The first-order chi connectivity index (χ1) is 8.09. The highest BCUT2D eigenvalue weighted by molar-refractivity contribution is 5.96. The normalized spacial score (nSPS) is 24.6. The smallest absolute Gasteiger partial charge is 0.257 e. The largest absolute Gasteiger partial charge is 0.391 e. The summed E-state index contributed by atoms with van der Waals surface area (Å²) in [6.07, 6.45) is 3.22. The van der Waals surface area contributed by atoms with E-state index in [4.69, 9.17) is 4.52 Å². The Morgan fingerprint density at radius 1 is 1.41 bits per heavy atom. The minimum Gasteiger partial charge on any atom is -0.391 e. The maximum Gasteiger partial charge on any atom is 0.257 e. The zero-order valence-corrected chi connectivity index (χ0v) is 10.2. The van der Waals surface area contributed by atoms with Crippen molar-refractivity contribution in [3.63, 3.8) is 0 Å². The van der Waals surface area contributed by atoms with Crippen LogP contribution in [0.2, 0.25) is 0 Å². The number of aliphatic hydroxyl groups is 1. The summed E-state index contributed by atoms with van der Waals surface area (Å²) < 4.78 is 4.96. The Morgan fingerprint density at radius 3 is 2.71 bits per heavy atom. The third-order valence-corrected chi connectivity index (χ3v) is 3.31. The zero-order chi connectivity index (χ0) is 12.4. The molecule has 2 atom stereocenters. The van der Waals surface area contributed by atoms with Gasteiger partial charge in [0.25, 0.3) is 5.91 Å². The summed E-state index contributed by atoms with van der Waals surface area (Å²) in [5.74, 6) is 0.317. The van der Waals surface area contributed by atoms with Crippen LogP contribution in [0.25, 0.3) is 0 Å². The molecular formula is C12H18N2O3. The van der Waals surface area contributed by atoms with Crippen LogP contribution in [-0.4, -0.2) is 28.3 Å². The highest BCUT2D eigenvalue weighted by atomic mass is 16.5. The molecule has 0 radical (unpaired) electrons. The van der Waals surface area contributed by atoms with Gasteiger partial charge in [0.15, 0.2) is 0 Å². The van der Waals surface area contributed by atoms with Crippen LogP contribution in [0.3, 0.4) is 0 Å². The van der Waals surface area contributed by atoms with Gasteiger partial charge in [-0.15, -0.1) is 0 Å². The average molecular weight is 238 g/mol. The van der Waals surface area contributed by atoms with Crippen molar-refractivity contribution in [2.75, 3.05) is 0 Å². The van der Waals surface area contributed by atoms with Gasteiger partial charge in [-0.05, 0) is 26.7 Å². The molecule has 0 aromatic carbocycles. The molecule has 0 spiro atoms. The number of carbonyl (C=O) groups excluding carboxylic acids is 1. The summed E-state index contributed by atoms with van der Waals surface area (Å²) in [4.78, 5) is 12.0. The van der Waals surface area contributed by atoms with Crippen LogP contribution in [0, 0.1) is 13.8 Å². The minimum absolute atomic E-state index is 0.148. The summed E-state index contributed by atoms with van der Waals surface area (Å²) in [6.45, 7) is 3.45. The number of hydrogen-bond donors (Lipinski definition) is 2. The summed E-state index contributed by atoms with van der Waals surface area (Å²) in [5, 5.41) is 16.4. The van der Waals surface area contributed by atoms with Crippen molar-refractivity contribution in [2.45, 2.75) is 51.7 Å². The molecule has 1 saturated carbocycles. The summed E-state index contributed by atoms with van der Waals surface area (Å²) in [7, 11) is 0. The second kappa shape index (κ2) is 4.87. The molecule has 1 aromatic rings. The summed E-state index contributed by atoms with van der Waals surface area (Å²) in [6, 6.07) is -0.148. The molecule has 1 amide bonds. The van der Waals surface area contributed by atoms with Gasteiger partial charge in [0.2, 0.25) is 0 Å². The van der Waals surface area contributed by atoms with E-state index < -0.39 is 6.10 Å². The Bertz CT molecular complexity index is 394. The van der Waals surface area contributed by atoms with Gasteiger partial charge in [-0.2, -0.15) is 0 Å². The monoisotopic (exact) mass is 238 g/mol. The van der Waals surface area contributed by atoms with E-state index in [1.54, 1.807) is 13.8 Å². The number of aromatic nitrogens is 1. The first-order valence-corrected chi connectivity index (χ1v) is 6.01. The summed E-state index contributed by atoms with van der Waals surface area (Å²) >= 11 is 0. The number of carbonyl (C=O) groups is 1. The van der Waals surface area contributed by atoms with E-state index in [2.05, 4.69) is 10.5 Å². The van der Waals surface area contributed by atoms with Gasteiger partial charge in [-0.3, -0.25) is 4.79 Å². The van der Waals surface area contributed by atoms with Crippen LogP contribution < -0.4 is 5.32 Å². The number of rotatable bonds is 2. The topological polar surface area (TPSA) is 75.4 Å². The molecule has 94 valence electrons. The molecule has 0 saturated heterocycles. The Kier molecular flexibility index (Phi) is 3.47. The molecule has 1 aliphatic carbocycles. The van der Waals surface area contributed by atoms with Crippen LogP contribution in [0.5, 0.6) is 0 Å². The Hall–Kier alpha value is -1.36. The standard InChI is InChI=1S/C12H18N2O3/c1-7-11(8(2)17-14-7)12(16)13-9-5-3-4-6-10(9)15/h9-10,15H,3-6H2,1-2H3,(H,13,16). The van der Waals surface area contributed by atoms with E-state index in [9.17, 15) is 9.90 Å². The molecule has 5 heteroatoms. The highest BCUT2D eigenvalue weighted by Gasteiger charge is 2.27. The van der Waals surface area contributed by atoms with Crippen LogP contribution in [0.1, 0.15) is 47.5 Å². The Balaban J connectivity index is 2.06. The SMILES string of the molecule is Cc1noc(C)c1C(=O)NC1CCCCC1O. The minimum atomic E-state index is -0.437. The molecule has 5 nitrogen and oxygen atoms in total. The first kappa shape index (κ1) is 12.1. The lowest BCUT2D eigenvalue weighted by atomic mass is 9.92. The lowest BCUT2D eigenvalue weighted by Gasteiger charge is -2.28. The van der Waals surface area contributed by atoms with E-state index in [-0.39, 0.29) is 11.9 Å². The Morgan fingerprint density at radius 2 is 2.12 bits per heavy atom. The lowest BCUT2D eigenvalue weighted by molar-refractivity contribution is 0.0716. The Labute approximate surface area is 100 Å². The quantitative estimate of drug-likeness (QED) is 0.815. The molecule has 0 bridgehead atoms. The van der Waals surface area contributed by atoms with Crippen LogP contribution in [0.4, 0.5) is 0 Å². The van der Waals surface area contributed by atoms with Crippen molar-refractivity contribution < 1.29 is 14.4 Å². The predicted molar refractivity (Wildman–Crippen MR) is 61.7 cm³/mol. The molecular weight excluding hydrogens is 220 g/mol. The highest BCUT2D eigenvalue weighted by Crippen LogP contribution is 2.19. The first-order valence-electron chi connectivity index (χ1n) is 6.01. The van der Waals surface area contributed by atoms with Gasteiger partial charge >= 0.3 is 0 Å². The van der Waals surface area contributed by atoms with Gasteiger partial charge in [0.1, 0.15) is 11.3 Å². The molecule has 2 rings (SSSR count). The molecule has 2 unspecified atom stereocenters. The third-order valence-electron chi connectivity index (χ3n) is 3.31. The molecule has 1 aliphatic rings. The molecule has 1 aromatic heterocycles. The third kappa shape index (κ3) is 2.49. The predicted octanol–water partition coefficient (Wildman–Crippen LogP) is 1.32. The fourth-order valence-corrected chi connectivity index (χ4v) is 2.33. The zero-order valence-electron chi connectivity index (χ0n) is 10.2.